The number of aromatic nitrogens is 2. The van der Waals surface area contributed by atoms with Crippen LogP contribution < -0.4 is 4.74 Å². The standard InChI is InChI=1S/C13H12ClIN2O3/c1-7-9(12(14)17(2)16-7)6-20-11-5-8(13(18)19)3-4-10(11)15/h3-5H,6H2,1-2H3,(H,18,19). The summed E-state index contributed by atoms with van der Waals surface area (Å²) in [6.07, 6.45) is 0. The van der Waals surface area contributed by atoms with Crippen molar-refractivity contribution in [1.82, 2.24) is 9.78 Å². The number of carboxylic acid groups (broad SMARTS) is 1. The molecule has 1 N–H and O–H groups in total. The Hall–Kier alpha value is -1.28. The second-order valence-electron chi connectivity index (χ2n) is 4.22. The quantitative estimate of drug-likeness (QED) is 0.792. The molecule has 0 spiro atoms. The van der Waals surface area contributed by atoms with Gasteiger partial charge in [-0.3, -0.25) is 4.68 Å². The van der Waals surface area contributed by atoms with Crippen molar-refractivity contribution in [2.45, 2.75) is 13.5 Å². The Balaban J connectivity index is 2.22. The maximum Gasteiger partial charge on any atom is 0.335 e. The monoisotopic (exact) mass is 406 g/mol. The predicted octanol–water partition coefficient (Wildman–Crippen LogP) is 3.26. The average molecular weight is 407 g/mol. The van der Waals surface area contributed by atoms with Gasteiger partial charge in [-0.15, -0.1) is 0 Å². The molecule has 106 valence electrons. The van der Waals surface area contributed by atoms with Gasteiger partial charge in [-0.2, -0.15) is 5.10 Å². The minimum Gasteiger partial charge on any atom is -0.488 e. The highest BCUT2D eigenvalue weighted by Gasteiger charge is 2.13. The van der Waals surface area contributed by atoms with E-state index in [2.05, 4.69) is 27.7 Å². The van der Waals surface area contributed by atoms with Crippen molar-refractivity contribution in [3.05, 3.63) is 43.7 Å². The van der Waals surface area contributed by atoms with Crippen molar-refractivity contribution < 1.29 is 14.6 Å². The van der Waals surface area contributed by atoms with E-state index in [9.17, 15) is 4.79 Å². The van der Waals surface area contributed by atoms with Gasteiger partial charge in [0.1, 0.15) is 17.5 Å². The molecular formula is C13H12ClIN2O3. The van der Waals surface area contributed by atoms with Crippen LogP contribution in [-0.2, 0) is 13.7 Å². The zero-order valence-corrected chi connectivity index (χ0v) is 13.8. The number of halogens is 2. The SMILES string of the molecule is Cc1nn(C)c(Cl)c1COc1cc(C(=O)O)ccc1I. The first-order valence-electron chi connectivity index (χ1n) is 5.73. The van der Waals surface area contributed by atoms with Gasteiger partial charge in [-0.25, -0.2) is 4.79 Å². The van der Waals surface area contributed by atoms with Gasteiger partial charge in [0.15, 0.2) is 0 Å². The third kappa shape index (κ3) is 3.06. The van der Waals surface area contributed by atoms with E-state index in [4.69, 9.17) is 21.4 Å². The fourth-order valence-electron chi connectivity index (χ4n) is 1.73. The number of hydrogen-bond acceptors (Lipinski definition) is 3. The summed E-state index contributed by atoms with van der Waals surface area (Å²) in [5.74, 6) is -0.466. The van der Waals surface area contributed by atoms with E-state index in [0.29, 0.717) is 10.9 Å². The van der Waals surface area contributed by atoms with Crippen molar-refractivity contribution in [2.24, 2.45) is 7.05 Å². The van der Waals surface area contributed by atoms with Crippen LogP contribution in [0.4, 0.5) is 0 Å². The first-order valence-corrected chi connectivity index (χ1v) is 7.19. The van der Waals surface area contributed by atoms with E-state index in [1.165, 1.54) is 6.07 Å². The second-order valence-corrected chi connectivity index (χ2v) is 5.74. The molecule has 0 amide bonds. The lowest BCUT2D eigenvalue weighted by Gasteiger charge is -2.09. The van der Waals surface area contributed by atoms with Crippen LogP contribution >= 0.6 is 34.2 Å². The Morgan fingerprint density at radius 2 is 2.25 bits per heavy atom. The number of ether oxygens (including phenoxy) is 1. The first-order chi connectivity index (χ1) is 9.40. The van der Waals surface area contributed by atoms with Crippen LogP contribution in [0.15, 0.2) is 18.2 Å². The zero-order chi connectivity index (χ0) is 14.9. The van der Waals surface area contributed by atoms with Crippen molar-refractivity contribution in [2.75, 3.05) is 0 Å². The van der Waals surface area contributed by atoms with Gasteiger partial charge < -0.3 is 9.84 Å². The summed E-state index contributed by atoms with van der Waals surface area (Å²) < 4.78 is 8.10. The largest absolute Gasteiger partial charge is 0.488 e. The summed E-state index contributed by atoms with van der Waals surface area (Å²) >= 11 is 8.22. The Morgan fingerprint density at radius 1 is 1.55 bits per heavy atom. The third-order valence-electron chi connectivity index (χ3n) is 2.82. The molecule has 1 aromatic carbocycles. The summed E-state index contributed by atoms with van der Waals surface area (Å²) in [6, 6.07) is 4.75. The summed E-state index contributed by atoms with van der Waals surface area (Å²) in [5.41, 5.74) is 1.78. The van der Waals surface area contributed by atoms with Crippen molar-refractivity contribution in [3.8, 4) is 5.75 Å². The third-order valence-corrected chi connectivity index (χ3v) is 4.18. The van der Waals surface area contributed by atoms with Crippen molar-refractivity contribution >= 4 is 40.2 Å². The van der Waals surface area contributed by atoms with E-state index in [1.807, 2.05) is 6.92 Å². The summed E-state index contributed by atoms with van der Waals surface area (Å²) in [5, 5.41) is 13.7. The highest BCUT2D eigenvalue weighted by atomic mass is 127. The van der Waals surface area contributed by atoms with Crippen molar-refractivity contribution in [3.63, 3.8) is 0 Å². The molecule has 20 heavy (non-hydrogen) atoms. The van der Waals surface area contributed by atoms with E-state index in [-0.39, 0.29) is 12.2 Å². The number of carbonyl (C=O) groups is 1. The van der Waals surface area contributed by atoms with Crippen LogP contribution in [-0.4, -0.2) is 20.9 Å². The molecule has 1 aromatic heterocycles. The molecule has 2 rings (SSSR count). The number of aromatic carboxylic acids is 1. The number of nitrogens with zero attached hydrogens (tertiary/aromatic N) is 2. The maximum absolute atomic E-state index is 11.0. The fourth-order valence-corrected chi connectivity index (χ4v) is 2.46. The van der Waals surface area contributed by atoms with Gasteiger partial charge in [0.05, 0.1) is 14.8 Å². The molecule has 0 fully saturated rings. The zero-order valence-electron chi connectivity index (χ0n) is 10.9. The van der Waals surface area contributed by atoms with Crippen molar-refractivity contribution in [1.29, 1.82) is 0 Å². The Kier molecular flexibility index (Phi) is 4.54. The molecule has 0 aliphatic heterocycles. The number of aryl methyl sites for hydroxylation is 2. The maximum atomic E-state index is 11.0. The van der Waals surface area contributed by atoms with E-state index in [0.717, 1.165) is 14.8 Å². The molecule has 0 atom stereocenters. The summed E-state index contributed by atoms with van der Waals surface area (Å²) in [4.78, 5) is 11.0. The highest BCUT2D eigenvalue weighted by molar-refractivity contribution is 14.1. The van der Waals surface area contributed by atoms with Crippen LogP contribution in [0, 0.1) is 10.5 Å². The smallest absolute Gasteiger partial charge is 0.335 e. The summed E-state index contributed by atoms with van der Waals surface area (Å²) in [7, 11) is 1.76. The molecular weight excluding hydrogens is 395 g/mol. The molecule has 5 nitrogen and oxygen atoms in total. The number of benzene rings is 1. The minimum atomic E-state index is -0.984. The first kappa shape index (κ1) is 15.1. The van der Waals surface area contributed by atoms with Gasteiger partial charge in [-0.1, -0.05) is 11.6 Å². The Morgan fingerprint density at radius 3 is 2.80 bits per heavy atom. The number of carboxylic acids is 1. The van der Waals surface area contributed by atoms with Gasteiger partial charge in [0.2, 0.25) is 0 Å². The molecule has 0 aliphatic rings. The minimum absolute atomic E-state index is 0.189. The Bertz CT molecular complexity index is 670. The molecule has 0 saturated carbocycles. The molecule has 7 heteroatoms. The predicted molar refractivity (Wildman–Crippen MR) is 83.4 cm³/mol. The topological polar surface area (TPSA) is 64.4 Å². The molecule has 1 heterocycles. The fraction of sp³-hybridized carbons (Fsp3) is 0.231. The van der Waals surface area contributed by atoms with Crippen LogP contribution in [0.5, 0.6) is 5.75 Å². The van der Waals surface area contributed by atoms with Crippen LogP contribution in [0.3, 0.4) is 0 Å². The number of rotatable bonds is 4. The molecule has 0 unspecified atom stereocenters. The van der Waals surface area contributed by atoms with E-state index < -0.39 is 5.97 Å². The molecule has 0 aliphatic carbocycles. The van der Waals surface area contributed by atoms with Gasteiger partial charge in [0, 0.05) is 12.6 Å². The van der Waals surface area contributed by atoms with E-state index >= 15 is 0 Å². The molecule has 0 bridgehead atoms. The van der Waals surface area contributed by atoms with Gasteiger partial charge in [-0.05, 0) is 47.7 Å². The number of hydrogen-bond donors (Lipinski definition) is 1. The lowest BCUT2D eigenvalue weighted by atomic mass is 10.2. The molecule has 0 saturated heterocycles. The molecule has 2 aromatic rings. The van der Waals surface area contributed by atoms with Gasteiger partial charge >= 0.3 is 5.97 Å². The Labute approximate surface area is 134 Å². The van der Waals surface area contributed by atoms with Crippen LogP contribution in [0.2, 0.25) is 5.15 Å². The average Bonchev–Trinajstić information content (AvgIpc) is 2.63. The second kappa shape index (κ2) is 6.01. The van der Waals surface area contributed by atoms with Crippen LogP contribution in [0.1, 0.15) is 21.6 Å². The van der Waals surface area contributed by atoms with E-state index in [1.54, 1.807) is 23.9 Å². The van der Waals surface area contributed by atoms with Gasteiger partial charge in [0.25, 0.3) is 0 Å². The normalized spacial score (nSPS) is 10.6. The lowest BCUT2D eigenvalue weighted by molar-refractivity contribution is 0.0696. The van der Waals surface area contributed by atoms with Crippen LogP contribution in [0.25, 0.3) is 0 Å². The lowest BCUT2D eigenvalue weighted by Crippen LogP contribution is -2.02. The highest BCUT2D eigenvalue weighted by Crippen LogP contribution is 2.26. The molecule has 0 radical (unpaired) electrons. The summed E-state index contributed by atoms with van der Waals surface area (Å²) in [6.45, 7) is 2.10.